The third kappa shape index (κ3) is 2.74. The van der Waals surface area contributed by atoms with Crippen molar-refractivity contribution in [1.29, 1.82) is 0 Å². The van der Waals surface area contributed by atoms with Crippen LogP contribution >= 0.6 is 11.8 Å². The van der Waals surface area contributed by atoms with E-state index in [1.54, 1.807) is 11.8 Å². The maximum absolute atomic E-state index is 12.5. The fraction of sp³-hybridized carbons (Fsp3) is 0.455. The molecule has 9 heteroatoms. The molecule has 1 aliphatic rings. The number of nitro benzene ring substituents is 1. The lowest BCUT2D eigenvalue weighted by Gasteiger charge is -2.23. The van der Waals surface area contributed by atoms with Crippen LogP contribution in [0.1, 0.15) is 6.42 Å². The first-order chi connectivity index (χ1) is 9.34. The molecular formula is C11H15N3O4S2. The molecule has 20 heavy (non-hydrogen) atoms. The molecule has 2 N–H and O–H groups in total. The van der Waals surface area contributed by atoms with Gasteiger partial charge in [0.1, 0.15) is 5.69 Å². The lowest BCUT2D eigenvalue weighted by Crippen LogP contribution is -2.36. The summed E-state index contributed by atoms with van der Waals surface area (Å²) < 4.78 is 26.2. The van der Waals surface area contributed by atoms with E-state index in [0.29, 0.717) is 0 Å². The summed E-state index contributed by atoms with van der Waals surface area (Å²) in [5.74, 6) is 1.67. The first-order valence-corrected chi connectivity index (χ1v) is 8.53. The molecule has 110 valence electrons. The summed E-state index contributed by atoms with van der Waals surface area (Å²) in [4.78, 5) is 10.1. The van der Waals surface area contributed by atoms with Crippen molar-refractivity contribution in [3.05, 3.63) is 28.3 Å². The zero-order valence-electron chi connectivity index (χ0n) is 10.9. The van der Waals surface area contributed by atoms with E-state index in [9.17, 15) is 18.5 Å². The third-order valence-electron chi connectivity index (χ3n) is 3.30. The minimum Gasteiger partial charge on any atom is -0.393 e. The van der Waals surface area contributed by atoms with Crippen LogP contribution in [-0.2, 0) is 10.0 Å². The Balaban J connectivity index is 2.38. The lowest BCUT2D eigenvalue weighted by atomic mass is 10.3. The van der Waals surface area contributed by atoms with E-state index in [1.165, 1.54) is 23.5 Å². The highest BCUT2D eigenvalue weighted by atomic mass is 32.2. The van der Waals surface area contributed by atoms with Crippen LogP contribution in [0.4, 0.5) is 11.4 Å². The van der Waals surface area contributed by atoms with Crippen LogP contribution < -0.4 is 5.73 Å². The summed E-state index contributed by atoms with van der Waals surface area (Å²) in [6, 6.07) is 3.50. The molecule has 7 nitrogen and oxygen atoms in total. The molecule has 1 atom stereocenters. The summed E-state index contributed by atoms with van der Waals surface area (Å²) in [5, 5.41) is 10.8. The molecule has 1 unspecified atom stereocenters. The van der Waals surface area contributed by atoms with Crippen LogP contribution in [0.15, 0.2) is 23.1 Å². The Morgan fingerprint density at radius 1 is 1.50 bits per heavy atom. The monoisotopic (exact) mass is 317 g/mol. The fourth-order valence-electron chi connectivity index (χ4n) is 2.01. The van der Waals surface area contributed by atoms with E-state index in [0.717, 1.165) is 24.0 Å². The number of thioether (sulfide) groups is 1. The molecule has 0 amide bonds. The molecule has 1 aromatic rings. The zero-order valence-corrected chi connectivity index (χ0v) is 12.5. The average molecular weight is 317 g/mol. The second-order valence-corrected chi connectivity index (χ2v) is 7.66. The SMILES string of the molecule is CN(C1CCSC1)S(=O)(=O)c1ccc(N)c([N+](=O)[O-])c1. The number of sulfonamides is 1. The summed E-state index contributed by atoms with van der Waals surface area (Å²) >= 11 is 1.70. The van der Waals surface area contributed by atoms with E-state index in [-0.39, 0.29) is 22.3 Å². The Kier molecular flexibility index (Phi) is 4.21. The van der Waals surface area contributed by atoms with Gasteiger partial charge in [0, 0.05) is 24.9 Å². The minimum absolute atomic E-state index is 0.0481. The molecule has 1 heterocycles. The van der Waals surface area contributed by atoms with Crippen molar-refractivity contribution in [2.75, 3.05) is 24.3 Å². The van der Waals surface area contributed by atoms with Gasteiger partial charge in [-0.1, -0.05) is 0 Å². The van der Waals surface area contributed by atoms with E-state index in [4.69, 9.17) is 5.73 Å². The molecule has 0 spiro atoms. The van der Waals surface area contributed by atoms with Gasteiger partial charge in [-0.2, -0.15) is 16.1 Å². The van der Waals surface area contributed by atoms with Crippen molar-refractivity contribution in [3.63, 3.8) is 0 Å². The van der Waals surface area contributed by atoms with E-state index in [2.05, 4.69) is 0 Å². The van der Waals surface area contributed by atoms with Crippen LogP contribution in [-0.4, -0.2) is 42.2 Å². The number of nitrogen functional groups attached to an aromatic ring is 1. The van der Waals surface area contributed by atoms with Crippen molar-refractivity contribution in [1.82, 2.24) is 4.31 Å². The van der Waals surface area contributed by atoms with Crippen molar-refractivity contribution in [2.45, 2.75) is 17.4 Å². The summed E-state index contributed by atoms with van der Waals surface area (Å²) in [5.41, 5.74) is 5.04. The van der Waals surface area contributed by atoms with Gasteiger partial charge < -0.3 is 5.73 Å². The third-order valence-corrected chi connectivity index (χ3v) is 6.35. The first-order valence-electron chi connectivity index (χ1n) is 5.93. The highest BCUT2D eigenvalue weighted by Gasteiger charge is 2.31. The maximum Gasteiger partial charge on any atom is 0.293 e. The Morgan fingerprint density at radius 2 is 2.20 bits per heavy atom. The van der Waals surface area contributed by atoms with Gasteiger partial charge in [-0.05, 0) is 24.3 Å². The number of rotatable bonds is 4. The molecule has 1 fully saturated rings. The predicted octanol–water partition coefficient (Wildman–Crippen LogP) is 1.30. The highest BCUT2D eigenvalue weighted by Crippen LogP contribution is 2.29. The van der Waals surface area contributed by atoms with Crippen molar-refractivity contribution < 1.29 is 13.3 Å². The van der Waals surface area contributed by atoms with Gasteiger partial charge in [-0.3, -0.25) is 10.1 Å². The number of hydrogen-bond donors (Lipinski definition) is 1. The molecule has 1 saturated heterocycles. The molecule has 2 rings (SSSR count). The second kappa shape index (κ2) is 5.58. The summed E-state index contributed by atoms with van der Waals surface area (Å²) in [6.45, 7) is 0. The van der Waals surface area contributed by atoms with Gasteiger partial charge in [-0.25, -0.2) is 8.42 Å². The maximum atomic E-state index is 12.5. The number of anilines is 1. The molecular weight excluding hydrogens is 302 g/mol. The number of nitrogens with two attached hydrogens (primary N) is 1. The molecule has 0 radical (unpaired) electrons. The van der Waals surface area contributed by atoms with E-state index in [1.807, 2.05) is 0 Å². The van der Waals surface area contributed by atoms with Crippen LogP contribution in [0.5, 0.6) is 0 Å². The minimum atomic E-state index is -3.74. The second-order valence-electron chi connectivity index (χ2n) is 4.52. The Morgan fingerprint density at radius 3 is 2.75 bits per heavy atom. The number of hydrogen-bond acceptors (Lipinski definition) is 6. The van der Waals surface area contributed by atoms with Gasteiger partial charge in [0.25, 0.3) is 5.69 Å². The average Bonchev–Trinajstić information content (AvgIpc) is 2.91. The lowest BCUT2D eigenvalue weighted by molar-refractivity contribution is -0.384. The molecule has 0 aromatic heterocycles. The van der Waals surface area contributed by atoms with Crippen molar-refractivity contribution >= 4 is 33.2 Å². The topological polar surface area (TPSA) is 107 Å². The van der Waals surface area contributed by atoms with E-state index >= 15 is 0 Å². The summed E-state index contributed by atoms with van der Waals surface area (Å²) in [6.07, 6.45) is 0.789. The molecule has 0 aliphatic carbocycles. The fourth-order valence-corrected chi connectivity index (χ4v) is 4.78. The van der Waals surface area contributed by atoms with Crippen LogP contribution in [0.25, 0.3) is 0 Å². The zero-order chi connectivity index (χ0) is 14.9. The van der Waals surface area contributed by atoms with Gasteiger partial charge in [0.05, 0.1) is 9.82 Å². The van der Waals surface area contributed by atoms with Gasteiger partial charge >= 0.3 is 0 Å². The molecule has 1 aliphatic heterocycles. The van der Waals surface area contributed by atoms with E-state index < -0.39 is 14.9 Å². The number of benzene rings is 1. The quantitative estimate of drug-likeness (QED) is 0.509. The molecule has 1 aromatic carbocycles. The Bertz CT molecular complexity index is 627. The van der Waals surface area contributed by atoms with Gasteiger partial charge in [0.2, 0.25) is 10.0 Å². The Hall–Kier alpha value is -1.32. The van der Waals surface area contributed by atoms with Crippen LogP contribution in [0, 0.1) is 10.1 Å². The van der Waals surface area contributed by atoms with Crippen molar-refractivity contribution in [3.8, 4) is 0 Å². The molecule has 0 bridgehead atoms. The number of nitrogens with zero attached hydrogens (tertiary/aromatic N) is 2. The van der Waals surface area contributed by atoms with Crippen LogP contribution in [0.2, 0.25) is 0 Å². The smallest absolute Gasteiger partial charge is 0.293 e. The summed E-state index contributed by atoms with van der Waals surface area (Å²) in [7, 11) is -2.23. The number of nitro groups is 1. The molecule has 0 saturated carbocycles. The Labute approximate surface area is 121 Å². The van der Waals surface area contributed by atoms with Crippen LogP contribution in [0.3, 0.4) is 0 Å². The predicted molar refractivity (Wildman–Crippen MR) is 78.2 cm³/mol. The largest absolute Gasteiger partial charge is 0.393 e. The normalized spacial score (nSPS) is 19.4. The van der Waals surface area contributed by atoms with Gasteiger partial charge in [-0.15, -0.1) is 0 Å². The van der Waals surface area contributed by atoms with Crippen molar-refractivity contribution in [2.24, 2.45) is 0 Å². The standard InChI is InChI=1S/C11H15N3O4S2/c1-13(8-4-5-19-7-8)20(17,18)9-2-3-10(12)11(6-9)14(15)16/h2-3,6,8H,4-5,7,12H2,1H3. The first kappa shape index (κ1) is 15.1. The van der Waals surface area contributed by atoms with Gasteiger partial charge in [0.15, 0.2) is 0 Å². The highest BCUT2D eigenvalue weighted by molar-refractivity contribution is 7.99.